The molecule has 1 fully saturated rings. The van der Waals surface area contributed by atoms with Gasteiger partial charge in [0, 0.05) is 5.41 Å². The van der Waals surface area contributed by atoms with Crippen molar-refractivity contribution in [2.24, 2.45) is 5.41 Å². The first-order valence-corrected chi connectivity index (χ1v) is 11.1. The molecule has 3 rings (SSSR count). The van der Waals surface area contributed by atoms with Gasteiger partial charge in [-0.05, 0) is 70.4 Å². The van der Waals surface area contributed by atoms with Crippen molar-refractivity contribution in [2.75, 3.05) is 0 Å². The van der Waals surface area contributed by atoms with Crippen molar-refractivity contribution in [3.05, 3.63) is 28.5 Å². The molecule has 28 heavy (non-hydrogen) atoms. The molecule has 2 aromatic rings. The number of fused-ring (bicyclic) bond motifs is 1. The van der Waals surface area contributed by atoms with Gasteiger partial charge in [0.1, 0.15) is 11.1 Å². The lowest BCUT2D eigenvalue weighted by Crippen LogP contribution is -2.33. The van der Waals surface area contributed by atoms with Gasteiger partial charge in [-0.25, -0.2) is 14.2 Å². The Morgan fingerprint density at radius 2 is 1.86 bits per heavy atom. The zero-order valence-corrected chi connectivity index (χ0v) is 18.8. The summed E-state index contributed by atoms with van der Waals surface area (Å²) in [6, 6.07) is 2.97. The maximum atomic E-state index is 14.7. The summed E-state index contributed by atoms with van der Waals surface area (Å²) in [5.74, 6) is -0.946. The van der Waals surface area contributed by atoms with E-state index in [2.05, 4.69) is 25.8 Å². The van der Waals surface area contributed by atoms with Gasteiger partial charge in [-0.1, -0.05) is 27.2 Å². The summed E-state index contributed by atoms with van der Waals surface area (Å²) >= 11 is 1.52. The van der Waals surface area contributed by atoms with Crippen LogP contribution in [0.2, 0.25) is 0 Å². The maximum absolute atomic E-state index is 14.7. The molecule has 1 aliphatic carbocycles. The van der Waals surface area contributed by atoms with Crippen molar-refractivity contribution in [3.63, 3.8) is 0 Å². The summed E-state index contributed by atoms with van der Waals surface area (Å²) in [6.07, 6.45) is 6.98. The van der Waals surface area contributed by atoms with Crippen molar-refractivity contribution in [3.8, 4) is 0 Å². The van der Waals surface area contributed by atoms with Crippen molar-refractivity contribution in [2.45, 2.75) is 91.1 Å². The molecule has 0 atom stereocenters. The van der Waals surface area contributed by atoms with E-state index in [0.717, 1.165) is 22.5 Å². The Bertz CT molecular complexity index is 873. The van der Waals surface area contributed by atoms with Crippen molar-refractivity contribution >= 4 is 27.5 Å². The van der Waals surface area contributed by atoms with Crippen molar-refractivity contribution < 1.29 is 13.9 Å². The number of aromatic nitrogens is 1. The molecule has 1 saturated carbocycles. The fraction of sp³-hybridized carbons (Fsp3) is 0.652. The number of nitrogens with zero attached hydrogens (tertiary/aromatic N) is 1. The molecule has 0 spiro atoms. The summed E-state index contributed by atoms with van der Waals surface area (Å²) in [7, 11) is 0. The third-order valence-electron chi connectivity index (χ3n) is 6.01. The van der Waals surface area contributed by atoms with E-state index in [1.807, 2.05) is 0 Å². The molecule has 154 valence electrons. The number of rotatable bonds is 4. The predicted molar refractivity (Wildman–Crippen MR) is 114 cm³/mol. The number of esters is 1. The second-order valence-electron chi connectivity index (χ2n) is 9.95. The third kappa shape index (κ3) is 4.40. The molecule has 1 aromatic carbocycles. The lowest BCUT2D eigenvalue weighted by atomic mass is 9.64. The first-order chi connectivity index (χ1) is 12.9. The number of hydrogen-bond acceptors (Lipinski definition) is 4. The highest BCUT2D eigenvalue weighted by molar-refractivity contribution is 7.18. The smallest absolute Gasteiger partial charge is 0.338 e. The van der Waals surface area contributed by atoms with Crippen LogP contribution in [0.3, 0.4) is 0 Å². The monoisotopic (exact) mass is 405 g/mol. The van der Waals surface area contributed by atoms with Crippen LogP contribution in [-0.4, -0.2) is 16.6 Å². The van der Waals surface area contributed by atoms with Gasteiger partial charge in [-0.2, -0.15) is 0 Å². The Labute approximate surface area is 171 Å². The zero-order chi connectivity index (χ0) is 20.7. The molecular weight excluding hydrogens is 373 g/mol. The lowest BCUT2D eigenvalue weighted by molar-refractivity contribution is 0.00692. The average Bonchev–Trinajstić information content (AvgIpc) is 3.02. The normalized spacial score (nSPS) is 25.8. The Morgan fingerprint density at radius 3 is 2.43 bits per heavy atom. The van der Waals surface area contributed by atoms with Gasteiger partial charge in [-0.15, -0.1) is 11.3 Å². The van der Waals surface area contributed by atoms with Crippen LogP contribution in [0.1, 0.15) is 95.4 Å². The number of carbonyl (C=O) groups is 1. The molecule has 0 saturated heterocycles. The van der Waals surface area contributed by atoms with Gasteiger partial charge in [0.25, 0.3) is 0 Å². The molecule has 5 heteroatoms. The Balaban J connectivity index is 1.88. The van der Waals surface area contributed by atoms with Crippen LogP contribution in [0.15, 0.2) is 12.1 Å². The maximum Gasteiger partial charge on any atom is 0.338 e. The van der Waals surface area contributed by atoms with Crippen LogP contribution in [0.25, 0.3) is 10.2 Å². The van der Waals surface area contributed by atoms with Crippen LogP contribution in [0, 0.1) is 11.2 Å². The van der Waals surface area contributed by atoms with Crippen LogP contribution in [0.5, 0.6) is 0 Å². The van der Waals surface area contributed by atoms with E-state index in [9.17, 15) is 9.18 Å². The van der Waals surface area contributed by atoms with E-state index in [-0.39, 0.29) is 11.0 Å². The van der Waals surface area contributed by atoms with E-state index in [1.54, 1.807) is 26.8 Å². The van der Waals surface area contributed by atoms with Gasteiger partial charge in [0.15, 0.2) is 5.82 Å². The highest BCUT2D eigenvalue weighted by Gasteiger charge is 2.40. The molecule has 0 bridgehead atoms. The summed E-state index contributed by atoms with van der Waals surface area (Å²) in [6.45, 7) is 12.3. The van der Waals surface area contributed by atoms with Gasteiger partial charge < -0.3 is 4.74 Å². The quantitative estimate of drug-likeness (QED) is 0.513. The minimum absolute atomic E-state index is 0.0184. The first-order valence-electron chi connectivity index (χ1n) is 10.3. The summed E-state index contributed by atoms with van der Waals surface area (Å²) in [5, 5.41) is 0.987. The molecule has 0 N–H and O–H groups in total. The van der Waals surface area contributed by atoms with Crippen molar-refractivity contribution in [1.29, 1.82) is 0 Å². The number of hydrogen-bond donors (Lipinski definition) is 0. The van der Waals surface area contributed by atoms with E-state index in [1.165, 1.54) is 43.1 Å². The fourth-order valence-electron chi connectivity index (χ4n) is 4.17. The first kappa shape index (κ1) is 21.2. The number of ether oxygens (including phenoxy) is 1. The van der Waals surface area contributed by atoms with Gasteiger partial charge in [-0.3, -0.25) is 0 Å². The molecule has 0 amide bonds. The van der Waals surface area contributed by atoms with Crippen LogP contribution in [0.4, 0.5) is 4.39 Å². The Hall–Kier alpha value is -1.49. The molecule has 0 unspecified atom stereocenters. The molecule has 1 aliphatic rings. The largest absolute Gasteiger partial charge is 0.456 e. The van der Waals surface area contributed by atoms with Gasteiger partial charge in [0.05, 0.1) is 15.3 Å². The van der Waals surface area contributed by atoms with E-state index in [0.29, 0.717) is 10.9 Å². The predicted octanol–water partition coefficient (Wildman–Crippen LogP) is 7.03. The minimum atomic E-state index is -0.609. The van der Waals surface area contributed by atoms with Gasteiger partial charge in [0.2, 0.25) is 0 Å². The van der Waals surface area contributed by atoms with Crippen LogP contribution >= 0.6 is 11.3 Å². The topological polar surface area (TPSA) is 39.2 Å². The Kier molecular flexibility index (Phi) is 5.61. The molecule has 0 radical (unpaired) electrons. The zero-order valence-electron chi connectivity index (χ0n) is 17.9. The van der Waals surface area contributed by atoms with Crippen molar-refractivity contribution in [1.82, 2.24) is 4.98 Å². The lowest BCUT2D eigenvalue weighted by Gasteiger charge is -2.42. The van der Waals surface area contributed by atoms with Crippen LogP contribution < -0.4 is 0 Å². The average molecular weight is 406 g/mol. The number of carbonyl (C=O) groups excluding carboxylic acids is 1. The highest BCUT2D eigenvalue weighted by atomic mass is 32.1. The SMILES string of the molecule is CCCC1(C)CCC(C)(c2nc3c(F)cc(C(=O)OC(C)(C)C)cc3s2)CC1. The van der Waals surface area contributed by atoms with Gasteiger partial charge >= 0.3 is 5.97 Å². The highest BCUT2D eigenvalue weighted by Crippen LogP contribution is 2.50. The standard InChI is InChI=1S/C23H32FNO2S/c1-7-8-22(5)9-11-23(6,12-10-22)20-25-18-16(24)13-15(14-17(18)28-20)19(26)27-21(2,3)4/h13-14H,7-12H2,1-6H3. The second-order valence-corrected chi connectivity index (χ2v) is 11.0. The molecule has 1 aromatic heterocycles. The summed E-state index contributed by atoms with van der Waals surface area (Å²) in [5.41, 5.74) is 0.410. The Morgan fingerprint density at radius 1 is 1.21 bits per heavy atom. The molecular formula is C23H32FNO2S. The number of thiazole rings is 1. The number of halogens is 1. The van der Waals surface area contributed by atoms with E-state index < -0.39 is 17.4 Å². The summed E-state index contributed by atoms with van der Waals surface area (Å²) < 4.78 is 20.8. The molecule has 3 nitrogen and oxygen atoms in total. The fourth-order valence-corrected chi connectivity index (χ4v) is 5.40. The number of benzene rings is 1. The van der Waals surface area contributed by atoms with Crippen LogP contribution in [-0.2, 0) is 10.2 Å². The minimum Gasteiger partial charge on any atom is -0.456 e. The molecule has 1 heterocycles. The summed E-state index contributed by atoms with van der Waals surface area (Å²) in [4.78, 5) is 17.0. The second kappa shape index (κ2) is 7.40. The third-order valence-corrected chi connectivity index (χ3v) is 7.32. The van der Waals surface area contributed by atoms with E-state index >= 15 is 0 Å². The molecule has 0 aliphatic heterocycles. The van der Waals surface area contributed by atoms with E-state index in [4.69, 9.17) is 4.74 Å².